The van der Waals surface area contributed by atoms with Gasteiger partial charge in [0.15, 0.2) is 0 Å². The Hall–Kier alpha value is -1.77. The lowest BCUT2D eigenvalue weighted by molar-refractivity contribution is 1.33. The molecule has 0 spiro atoms. The van der Waals surface area contributed by atoms with Gasteiger partial charge in [-0.1, -0.05) is 59.6 Å². The van der Waals surface area contributed by atoms with Gasteiger partial charge in [0, 0.05) is 0 Å². The lowest BCUT2D eigenvalue weighted by Gasteiger charge is -2.02. The minimum atomic E-state index is 0.504. The molecule has 0 aliphatic rings. The number of anilines is 1. The quantitative estimate of drug-likeness (QED) is 0.586. The van der Waals surface area contributed by atoms with Gasteiger partial charge in [-0.05, 0) is 36.8 Å². The molecule has 2 aromatic rings. The summed E-state index contributed by atoms with van der Waals surface area (Å²) in [6.07, 6.45) is 3.95. The number of hydrazone groups is 1. The van der Waals surface area contributed by atoms with E-state index < -0.39 is 0 Å². The first kappa shape index (κ1) is 14.6. The molecule has 20 heavy (non-hydrogen) atoms. The van der Waals surface area contributed by atoms with Crippen LogP contribution in [0.3, 0.4) is 0 Å². The van der Waals surface area contributed by atoms with Gasteiger partial charge in [0.25, 0.3) is 0 Å². The first-order chi connectivity index (χ1) is 9.65. The number of halogens is 2. The van der Waals surface area contributed by atoms with Crippen molar-refractivity contribution in [3.63, 3.8) is 0 Å². The summed E-state index contributed by atoms with van der Waals surface area (Å²) in [7, 11) is 0. The summed E-state index contributed by atoms with van der Waals surface area (Å²) >= 11 is 11.8. The maximum atomic E-state index is 5.94. The number of hydrogen-bond donors (Lipinski definition) is 1. The van der Waals surface area contributed by atoms with Gasteiger partial charge in [0.05, 0.1) is 21.4 Å². The summed E-state index contributed by atoms with van der Waals surface area (Å²) in [4.78, 5) is 0. The summed E-state index contributed by atoms with van der Waals surface area (Å²) in [6.45, 7) is 1.92. The molecule has 0 aliphatic heterocycles. The van der Waals surface area contributed by atoms with Crippen molar-refractivity contribution < 1.29 is 0 Å². The van der Waals surface area contributed by atoms with Crippen LogP contribution >= 0.6 is 23.2 Å². The fourth-order valence-electron chi connectivity index (χ4n) is 1.54. The van der Waals surface area contributed by atoms with Gasteiger partial charge >= 0.3 is 0 Å². The average molecular weight is 305 g/mol. The first-order valence-electron chi connectivity index (χ1n) is 6.13. The van der Waals surface area contributed by atoms with Crippen molar-refractivity contribution in [1.82, 2.24) is 0 Å². The molecule has 2 rings (SSSR count). The summed E-state index contributed by atoms with van der Waals surface area (Å²) in [5, 5.41) is 5.29. The van der Waals surface area contributed by atoms with Gasteiger partial charge < -0.3 is 0 Å². The molecule has 102 valence electrons. The number of nitrogens with zero attached hydrogens (tertiary/aromatic N) is 1. The highest BCUT2D eigenvalue weighted by Crippen LogP contribution is 2.24. The van der Waals surface area contributed by atoms with E-state index in [0.717, 1.165) is 17.0 Å². The van der Waals surface area contributed by atoms with E-state index in [1.807, 2.05) is 55.5 Å². The van der Waals surface area contributed by atoms with Crippen molar-refractivity contribution >= 4 is 40.7 Å². The monoisotopic (exact) mass is 304 g/mol. The molecule has 0 amide bonds. The number of benzene rings is 2. The van der Waals surface area contributed by atoms with Crippen LogP contribution in [0.2, 0.25) is 10.0 Å². The smallest absolute Gasteiger partial charge is 0.0613 e. The van der Waals surface area contributed by atoms with Crippen LogP contribution < -0.4 is 5.43 Å². The highest BCUT2D eigenvalue weighted by Gasteiger charge is 1.98. The van der Waals surface area contributed by atoms with Crippen molar-refractivity contribution in [2.24, 2.45) is 5.10 Å². The van der Waals surface area contributed by atoms with Gasteiger partial charge in [-0.15, -0.1) is 0 Å². The van der Waals surface area contributed by atoms with Gasteiger partial charge in [0.2, 0.25) is 0 Å². The third kappa shape index (κ3) is 4.41. The molecule has 0 aromatic heterocycles. The predicted octanol–water partition coefficient (Wildman–Crippen LogP) is 5.49. The largest absolute Gasteiger partial charge is 0.278 e. The Balaban J connectivity index is 2.00. The number of rotatable bonds is 4. The molecule has 0 unspecified atom stereocenters. The van der Waals surface area contributed by atoms with Crippen LogP contribution in [0, 0.1) is 0 Å². The summed E-state index contributed by atoms with van der Waals surface area (Å²) in [5.74, 6) is 0. The zero-order chi connectivity index (χ0) is 14.4. The van der Waals surface area contributed by atoms with Gasteiger partial charge in [0.1, 0.15) is 0 Å². The molecule has 0 heterocycles. The zero-order valence-electron chi connectivity index (χ0n) is 11.0. The Morgan fingerprint density at radius 2 is 1.80 bits per heavy atom. The lowest BCUT2D eigenvalue weighted by atomic mass is 10.2. The molecule has 2 nitrogen and oxygen atoms in total. The van der Waals surface area contributed by atoms with E-state index in [1.54, 1.807) is 12.1 Å². The fraction of sp³-hybridized carbons (Fsp3) is 0.0625. The SMILES string of the molecule is CC(/C=C/c1ccccc1)=N\Nc1ccc(Cl)c(Cl)c1. The van der Waals surface area contributed by atoms with E-state index in [2.05, 4.69) is 10.5 Å². The Bertz CT molecular complexity index is 634. The Morgan fingerprint density at radius 1 is 1.05 bits per heavy atom. The number of hydrogen-bond acceptors (Lipinski definition) is 2. The molecule has 0 bridgehead atoms. The number of nitrogens with one attached hydrogen (secondary N) is 1. The van der Waals surface area contributed by atoms with Crippen LogP contribution in [0.5, 0.6) is 0 Å². The van der Waals surface area contributed by atoms with Crippen LogP contribution in [0.1, 0.15) is 12.5 Å². The minimum absolute atomic E-state index is 0.504. The standard InChI is InChI=1S/C16H14Cl2N2/c1-12(7-8-13-5-3-2-4-6-13)19-20-14-9-10-15(17)16(18)11-14/h2-11,20H,1H3/b8-7+,19-12+. The second-order valence-corrected chi connectivity index (χ2v) is 5.05. The highest BCUT2D eigenvalue weighted by molar-refractivity contribution is 6.42. The van der Waals surface area contributed by atoms with E-state index in [1.165, 1.54) is 0 Å². The van der Waals surface area contributed by atoms with E-state index in [4.69, 9.17) is 23.2 Å². The minimum Gasteiger partial charge on any atom is -0.278 e. The molecule has 0 saturated heterocycles. The van der Waals surface area contributed by atoms with Crippen LogP contribution in [-0.2, 0) is 0 Å². The van der Waals surface area contributed by atoms with E-state index >= 15 is 0 Å². The molecule has 0 radical (unpaired) electrons. The Labute approximate surface area is 128 Å². The van der Waals surface area contributed by atoms with Crippen molar-refractivity contribution in [3.05, 3.63) is 70.2 Å². The molecule has 0 atom stereocenters. The molecular formula is C16H14Cl2N2. The molecule has 2 aromatic carbocycles. The van der Waals surface area contributed by atoms with Crippen LogP contribution in [-0.4, -0.2) is 5.71 Å². The normalized spacial score (nSPS) is 11.8. The molecule has 0 saturated carbocycles. The summed E-state index contributed by atoms with van der Waals surface area (Å²) in [6, 6.07) is 15.4. The summed E-state index contributed by atoms with van der Waals surface area (Å²) < 4.78 is 0. The van der Waals surface area contributed by atoms with E-state index in [0.29, 0.717) is 10.0 Å². The average Bonchev–Trinajstić information content (AvgIpc) is 2.47. The predicted molar refractivity (Wildman–Crippen MR) is 88.7 cm³/mol. The van der Waals surface area contributed by atoms with E-state index in [-0.39, 0.29) is 0 Å². The van der Waals surface area contributed by atoms with Gasteiger partial charge in [-0.2, -0.15) is 5.10 Å². The van der Waals surface area contributed by atoms with Gasteiger partial charge in [-0.3, -0.25) is 5.43 Å². The van der Waals surface area contributed by atoms with Crippen LogP contribution in [0.4, 0.5) is 5.69 Å². The molecular weight excluding hydrogens is 291 g/mol. The van der Waals surface area contributed by atoms with Crippen molar-refractivity contribution in [3.8, 4) is 0 Å². The van der Waals surface area contributed by atoms with Crippen molar-refractivity contribution in [1.29, 1.82) is 0 Å². The van der Waals surface area contributed by atoms with Crippen LogP contribution in [0.15, 0.2) is 59.7 Å². The number of allylic oxidation sites excluding steroid dienone is 1. The second-order valence-electron chi connectivity index (χ2n) is 4.24. The zero-order valence-corrected chi connectivity index (χ0v) is 12.5. The highest BCUT2D eigenvalue weighted by atomic mass is 35.5. The molecule has 0 fully saturated rings. The Morgan fingerprint density at radius 3 is 2.50 bits per heavy atom. The molecule has 1 N–H and O–H groups in total. The fourth-order valence-corrected chi connectivity index (χ4v) is 1.83. The van der Waals surface area contributed by atoms with Crippen molar-refractivity contribution in [2.45, 2.75) is 6.92 Å². The third-order valence-electron chi connectivity index (χ3n) is 2.60. The summed E-state index contributed by atoms with van der Waals surface area (Å²) in [5.41, 5.74) is 5.74. The first-order valence-corrected chi connectivity index (χ1v) is 6.89. The van der Waals surface area contributed by atoms with Gasteiger partial charge in [-0.25, -0.2) is 0 Å². The molecule has 0 aliphatic carbocycles. The van der Waals surface area contributed by atoms with Crippen LogP contribution in [0.25, 0.3) is 6.08 Å². The maximum Gasteiger partial charge on any atom is 0.0613 e. The molecule has 4 heteroatoms. The lowest BCUT2D eigenvalue weighted by Crippen LogP contribution is -1.94. The topological polar surface area (TPSA) is 24.4 Å². The second kappa shape index (κ2) is 7.13. The maximum absolute atomic E-state index is 5.94. The van der Waals surface area contributed by atoms with E-state index in [9.17, 15) is 0 Å². The van der Waals surface area contributed by atoms with Crippen molar-refractivity contribution in [2.75, 3.05) is 5.43 Å². The third-order valence-corrected chi connectivity index (χ3v) is 3.34. The Kier molecular flexibility index (Phi) is 5.22.